The van der Waals surface area contributed by atoms with E-state index in [9.17, 15) is 19.8 Å². The van der Waals surface area contributed by atoms with Gasteiger partial charge in [0.05, 0.1) is 25.4 Å². The lowest BCUT2D eigenvalue weighted by Crippen LogP contribution is -2.45. The number of esters is 1. The molecule has 1 amide bonds. The lowest BCUT2D eigenvalue weighted by molar-refractivity contribution is -0.143. The average Bonchev–Trinajstić information content (AvgIpc) is 3.37. The summed E-state index contributed by atoms with van der Waals surface area (Å²) in [4.78, 5) is 24.6. The van der Waals surface area contributed by atoms with Crippen LogP contribution in [-0.4, -0.2) is 47.4 Å². The van der Waals surface area contributed by atoms with Crippen LogP contribution in [0, 0.1) is 0 Å². The van der Waals surface area contributed by atoms with E-state index in [4.69, 9.17) is 4.74 Å². The largest absolute Gasteiger partial charge is 0.466 e. The van der Waals surface area contributed by atoms with Gasteiger partial charge in [0.2, 0.25) is 5.91 Å². The molecule has 0 saturated carbocycles. The number of rotatable bonds is 61. The highest BCUT2D eigenvalue weighted by Crippen LogP contribution is 2.18. The van der Waals surface area contributed by atoms with Gasteiger partial charge in [0.25, 0.3) is 0 Å². The lowest BCUT2D eigenvalue weighted by Gasteiger charge is -2.22. The van der Waals surface area contributed by atoms with Crippen molar-refractivity contribution in [2.45, 2.75) is 379 Å². The van der Waals surface area contributed by atoms with Gasteiger partial charge in [0, 0.05) is 12.8 Å². The Bertz CT molecular complexity index is 1060. The third-order valence-corrected chi connectivity index (χ3v) is 15.3. The summed E-state index contributed by atoms with van der Waals surface area (Å²) in [5.74, 6) is -0.0216. The number of carbonyl (C=O) groups is 2. The van der Waals surface area contributed by atoms with E-state index in [0.29, 0.717) is 25.9 Å². The van der Waals surface area contributed by atoms with E-state index in [-0.39, 0.29) is 18.5 Å². The number of nitrogens with one attached hydrogen (secondary N) is 1. The molecule has 2 atom stereocenters. The third-order valence-electron chi connectivity index (χ3n) is 15.3. The number of unbranched alkanes of at least 4 members (excludes halogenated alkanes) is 48. The molecule has 0 aromatic carbocycles. The number of allylic oxidation sites excluding steroid dienone is 2. The monoisotopic (exact) mass is 1000 g/mol. The van der Waals surface area contributed by atoms with Crippen molar-refractivity contribution < 1.29 is 24.5 Å². The van der Waals surface area contributed by atoms with Crippen molar-refractivity contribution >= 4 is 11.9 Å². The van der Waals surface area contributed by atoms with E-state index in [1.54, 1.807) is 0 Å². The van der Waals surface area contributed by atoms with Crippen LogP contribution in [0.5, 0.6) is 0 Å². The highest BCUT2D eigenvalue weighted by Gasteiger charge is 2.20. The van der Waals surface area contributed by atoms with Crippen molar-refractivity contribution in [2.24, 2.45) is 0 Å². The van der Waals surface area contributed by atoms with Gasteiger partial charge < -0.3 is 20.3 Å². The minimum atomic E-state index is -0.663. The Hall–Kier alpha value is -1.40. The first-order chi connectivity index (χ1) is 35.0. The van der Waals surface area contributed by atoms with E-state index in [1.165, 1.54) is 289 Å². The summed E-state index contributed by atoms with van der Waals surface area (Å²) < 4.78 is 5.50. The standard InChI is InChI=1S/C65H127NO5/c1-3-5-7-9-11-13-15-17-19-20-28-31-35-39-43-47-51-55-59-65(70)71-60-56-52-48-44-40-36-32-29-26-24-22-21-23-25-27-30-34-38-42-46-50-54-58-64(69)66-62(61-67)63(68)57-53-49-45-41-37-33-18-16-14-12-10-8-6-4-2/h19-20,62-63,67-68H,3-18,21-61H2,1-2H3,(H,66,69)/b20-19-. The normalized spacial score (nSPS) is 12.6. The van der Waals surface area contributed by atoms with Crippen LogP contribution < -0.4 is 5.32 Å². The Morgan fingerprint density at radius 1 is 0.380 bits per heavy atom. The summed E-state index contributed by atoms with van der Waals surface area (Å²) in [7, 11) is 0. The van der Waals surface area contributed by atoms with Crippen LogP contribution in [0.3, 0.4) is 0 Å². The van der Waals surface area contributed by atoms with Gasteiger partial charge in [-0.05, 0) is 51.4 Å². The fraction of sp³-hybridized carbons (Fsp3) is 0.938. The molecule has 0 aliphatic carbocycles. The van der Waals surface area contributed by atoms with Crippen molar-refractivity contribution in [1.82, 2.24) is 5.32 Å². The minimum absolute atomic E-state index is 0.0112. The molecular weight excluding hydrogens is 875 g/mol. The van der Waals surface area contributed by atoms with E-state index in [0.717, 1.165) is 44.9 Å². The van der Waals surface area contributed by atoms with Gasteiger partial charge in [0.15, 0.2) is 0 Å². The highest BCUT2D eigenvalue weighted by molar-refractivity contribution is 5.76. The van der Waals surface area contributed by atoms with Crippen LogP contribution >= 0.6 is 0 Å². The molecule has 422 valence electrons. The summed E-state index contributed by atoms with van der Waals surface area (Å²) in [6.07, 6.45) is 73.7. The van der Waals surface area contributed by atoms with Gasteiger partial charge in [0.1, 0.15) is 0 Å². The number of carbonyl (C=O) groups excluding carboxylic acids is 2. The maximum Gasteiger partial charge on any atom is 0.305 e. The Balaban J connectivity index is 3.35. The Morgan fingerprint density at radius 3 is 1.00 bits per heavy atom. The molecule has 0 spiro atoms. The van der Waals surface area contributed by atoms with Gasteiger partial charge in [-0.1, -0.05) is 315 Å². The SMILES string of the molecule is CCCCCCCCC/C=C\CCCCCCCCCC(=O)OCCCCCCCCCCCCCCCCCCCCCCCCC(=O)NC(CO)C(O)CCCCCCCCCCCCCCCC. The first-order valence-corrected chi connectivity index (χ1v) is 32.4. The van der Waals surface area contributed by atoms with E-state index in [2.05, 4.69) is 31.3 Å². The first-order valence-electron chi connectivity index (χ1n) is 32.4. The van der Waals surface area contributed by atoms with E-state index < -0.39 is 12.1 Å². The van der Waals surface area contributed by atoms with Crippen molar-refractivity contribution in [3.8, 4) is 0 Å². The molecule has 0 aromatic heterocycles. The maximum absolute atomic E-state index is 12.5. The fourth-order valence-electron chi connectivity index (χ4n) is 10.3. The van der Waals surface area contributed by atoms with E-state index in [1.807, 2.05) is 0 Å². The minimum Gasteiger partial charge on any atom is -0.466 e. The molecule has 0 saturated heterocycles. The zero-order chi connectivity index (χ0) is 51.4. The second-order valence-corrected chi connectivity index (χ2v) is 22.5. The van der Waals surface area contributed by atoms with Gasteiger partial charge in [-0.15, -0.1) is 0 Å². The molecule has 71 heavy (non-hydrogen) atoms. The molecule has 3 N–H and O–H groups in total. The van der Waals surface area contributed by atoms with Crippen molar-refractivity contribution in [3.05, 3.63) is 12.2 Å². The topological polar surface area (TPSA) is 95.9 Å². The number of aliphatic hydroxyl groups excluding tert-OH is 2. The zero-order valence-corrected chi connectivity index (χ0v) is 48.2. The quantitative estimate of drug-likeness (QED) is 0.0320. The predicted molar refractivity (Wildman–Crippen MR) is 310 cm³/mol. The average molecular weight is 1000 g/mol. The third kappa shape index (κ3) is 57.7. The molecule has 0 aliphatic heterocycles. The predicted octanol–water partition coefficient (Wildman–Crippen LogP) is 20.4. The maximum atomic E-state index is 12.5. The molecule has 0 radical (unpaired) electrons. The summed E-state index contributed by atoms with van der Waals surface area (Å²) in [6, 6.07) is -0.540. The van der Waals surface area contributed by atoms with Crippen molar-refractivity contribution in [2.75, 3.05) is 13.2 Å². The zero-order valence-electron chi connectivity index (χ0n) is 48.2. The molecule has 0 aromatic rings. The fourth-order valence-corrected chi connectivity index (χ4v) is 10.3. The van der Waals surface area contributed by atoms with Gasteiger partial charge in [-0.3, -0.25) is 9.59 Å². The second kappa shape index (κ2) is 61.1. The number of ether oxygens (including phenoxy) is 1. The number of amides is 1. The van der Waals surface area contributed by atoms with Crippen molar-refractivity contribution in [1.29, 1.82) is 0 Å². The molecule has 2 unspecified atom stereocenters. The van der Waals surface area contributed by atoms with Crippen LogP contribution in [0.4, 0.5) is 0 Å². The molecule has 6 heteroatoms. The first kappa shape index (κ1) is 69.6. The number of aliphatic hydroxyl groups is 2. The van der Waals surface area contributed by atoms with Crippen LogP contribution in [0.15, 0.2) is 12.2 Å². The smallest absolute Gasteiger partial charge is 0.305 e. The number of hydrogen-bond acceptors (Lipinski definition) is 5. The van der Waals surface area contributed by atoms with Gasteiger partial charge in [-0.2, -0.15) is 0 Å². The number of hydrogen-bond donors (Lipinski definition) is 3. The summed E-state index contributed by atoms with van der Waals surface area (Å²) >= 11 is 0. The van der Waals surface area contributed by atoms with E-state index >= 15 is 0 Å². The molecule has 0 heterocycles. The summed E-state index contributed by atoms with van der Waals surface area (Å²) in [6.45, 7) is 4.98. The Morgan fingerprint density at radius 2 is 0.662 bits per heavy atom. The van der Waals surface area contributed by atoms with Gasteiger partial charge >= 0.3 is 5.97 Å². The summed E-state index contributed by atoms with van der Waals surface area (Å²) in [5, 5.41) is 23.3. The van der Waals surface area contributed by atoms with Gasteiger partial charge in [-0.25, -0.2) is 0 Å². The lowest BCUT2D eigenvalue weighted by atomic mass is 10.0. The second-order valence-electron chi connectivity index (χ2n) is 22.5. The Kier molecular flexibility index (Phi) is 59.9. The van der Waals surface area contributed by atoms with Crippen LogP contribution in [0.1, 0.15) is 367 Å². The van der Waals surface area contributed by atoms with Crippen LogP contribution in [0.2, 0.25) is 0 Å². The molecule has 0 bridgehead atoms. The van der Waals surface area contributed by atoms with Crippen LogP contribution in [0.25, 0.3) is 0 Å². The highest BCUT2D eigenvalue weighted by atomic mass is 16.5. The van der Waals surface area contributed by atoms with Crippen molar-refractivity contribution in [3.63, 3.8) is 0 Å². The molecule has 0 aliphatic rings. The molecule has 0 rings (SSSR count). The Labute approximate surface area is 444 Å². The van der Waals surface area contributed by atoms with Crippen LogP contribution in [-0.2, 0) is 14.3 Å². The molecule has 6 nitrogen and oxygen atoms in total. The molecule has 0 fully saturated rings. The summed E-state index contributed by atoms with van der Waals surface area (Å²) in [5.41, 5.74) is 0. The molecular formula is C65H127NO5.